The van der Waals surface area contributed by atoms with E-state index in [-0.39, 0.29) is 79.4 Å². The Kier molecular flexibility index (Phi) is 14.6. The van der Waals surface area contributed by atoms with Gasteiger partial charge >= 0.3 is 11.9 Å². The number of hydrogen-bond donors (Lipinski definition) is 2. The summed E-state index contributed by atoms with van der Waals surface area (Å²) in [6.07, 6.45) is 12.3. The topological polar surface area (TPSA) is 216 Å². The van der Waals surface area contributed by atoms with E-state index in [1.807, 2.05) is 0 Å². The molecular formula is C34H54N2O14. The number of carbonyl (C=O) groups is 2. The van der Waals surface area contributed by atoms with Crippen LogP contribution in [0.2, 0.25) is 0 Å². The molecule has 5 aliphatic rings. The average molecular weight is 715 g/mol. The zero-order valence-electron chi connectivity index (χ0n) is 28.8. The van der Waals surface area contributed by atoms with Crippen molar-refractivity contribution in [2.45, 2.75) is 164 Å². The second-order valence-electron chi connectivity index (χ2n) is 15.0. The molecule has 0 aliphatic heterocycles. The summed E-state index contributed by atoms with van der Waals surface area (Å²) >= 11 is 0. The molecule has 0 aromatic rings. The molecule has 5 fully saturated rings. The molecule has 5 saturated carbocycles. The number of nitro groups is 2. The van der Waals surface area contributed by atoms with Crippen LogP contribution in [0, 0.1) is 43.9 Å². The van der Waals surface area contributed by atoms with Crippen molar-refractivity contribution in [1.29, 1.82) is 0 Å². The summed E-state index contributed by atoms with van der Waals surface area (Å²) in [5.74, 6) is -4.83. The van der Waals surface area contributed by atoms with E-state index in [1.165, 1.54) is 0 Å². The van der Waals surface area contributed by atoms with Gasteiger partial charge < -0.3 is 19.3 Å². The van der Waals surface area contributed by atoms with Gasteiger partial charge in [0.05, 0.1) is 55.6 Å². The van der Waals surface area contributed by atoms with Crippen molar-refractivity contribution >= 4 is 11.9 Å². The fourth-order valence-corrected chi connectivity index (χ4v) is 9.01. The Bertz CT molecular complexity index is 1100. The third kappa shape index (κ3) is 10.5. The van der Waals surface area contributed by atoms with Crippen LogP contribution in [0.25, 0.3) is 0 Å². The molecule has 0 aromatic carbocycles. The molecule has 0 heterocycles. The highest BCUT2D eigenvalue weighted by Crippen LogP contribution is 2.37. The Labute approximate surface area is 292 Å². The van der Waals surface area contributed by atoms with Crippen molar-refractivity contribution in [3.8, 4) is 0 Å². The van der Waals surface area contributed by atoms with Crippen LogP contribution in [0.5, 0.6) is 0 Å². The fraction of sp³-hybridized carbons (Fsp3) is 0.941. The standard InChI is InChI=1S/C34H54N2O14/c37-33(38)28-4-2-6-31(36(42)43)32(28)34(39)49-26-13-11-24(12-14-26)47-22-7-9-23(10-8-22)48-25-15-17-27(18-16-25)50-46-20-29-21(19-45-44)3-1-5-30(29)35(40)41/h21-32,44H,1-20H2,(H,37,38). The first-order valence-corrected chi connectivity index (χ1v) is 18.7. The Morgan fingerprint density at radius 2 is 1.10 bits per heavy atom. The third-order valence-electron chi connectivity index (χ3n) is 11.8. The van der Waals surface area contributed by atoms with Gasteiger partial charge in [-0.3, -0.25) is 35.1 Å². The zero-order valence-corrected chi connectivity index (χ0v) is 28.8. The number of carboxylic acids is 1. The number of carbonyl (C=O) groups excluding carboxylic acids is 1. The van der Waals surface area contributed by atoms with E-state index >= 15 is 0 Å². The lowest BCUT2D eigenvalue weighted by molar-refractivity contribution is -0.542. The van der Waals surface area contributed by atoms with Gasteiger partial charge in [-0.2, -0.15) is 0 Å². The van der Waals surface area contributed by atoms with Gasteiger partial charge in [-0.1, -0.05) is 0 Å². The molecular weight excluding hydrogens is 660 g/mol. The van der Waals surface area contributed by atoms with Gasteiger partial charge in [0.1, 0.15) is 12.0 Å². The van der Waals surface area contributed by atoms with E-state index < -0.39 is 40.8 Å². The Balaban J connectivity index is 0.945. The van der Waals surface area contributed by atoms with E-state index in [9.17, 15) is 34.9 Å². The van der Waals surface area contributed by atoms with Crippen molar-refractivity contribution < 1.29 is 58.7 Å². The number of ether oxygens (including phenoxy) is 3. The summed E-state index contributed by atoms with van der Waals surface area (Å²) in [6, 6.07) is -1.96. The quantitative estimate of drug-likeness (QED) is 0.0972. The van der Waals surface area contributed by atoms with E-state index in [2.05, 4.69) is 4.89 Å². The molecule has 16 heteroatoms. The van der Waals surface area contributed by atoms with E-state index in [0.29, 0.717) is 38.5 Å². The van der Waals surface area contributed by atoms with Gasteiger partial charge in [-0.05, 0) is 109 Å². The molecule has 0 amide bonds. The molecule has 5 aliphatic carbocycles. The molecule has 16 nitrogen and oxygen atoms in total. The first-order chi connectivity index (χ1) is 24.1. The van der Waals surface area contributed by atoms with Crippen molar-refractivity contribution in [3.63, 3.8) is 0 Å². The maximum atomic E-state index is 13.0. The monoisotopic (exact) mass is 714 g/mol. The number of nitrogens with zero attached hydrogens (tertiary/aromatic N) is 2. The first-order valence-electron chi connectivity index (χ1n) is 18.7. The van der Waals surface area contributed by atoms with E-state index in [4.69, 9.17) is 29.2 Å². The van der Waals surface area contributed by atoms with Crippen molar-refractivity contribution in [3.05, 3.63) is 20.2 Å². The predicted molar refractivity (Wildman–Crippen MR) is 173 cm³/mol. The summed E-state index contributed by atoms with van der Waals surface area (Å²) in [7, 11) is 0. The maximum absolute atomic E-state index is 13.0. The first kappa shape index (κ1) is 38.7. The summed E-state index contributed by atoms with van der Waals surface area (Å²) in [4.78, 5) is 62.5. The normalized spacial score (nSPS) is 38.2. The smallest absolute Gasteiger partial charge is 0.317 e. The highest BCUT2D eigenvalue weighted by atomic mass is 17.2. The molecule has 0 radical (unpaired) electrons. The maximum Gasteiger partial charge on any atom is 0.317 e. The SMILES string of the molecule is O=C(O)C1CCCC([N+](=O)[O-])C1C(=O)OC1CCC(OC2CCC(OC3CCC(OOCC4C(COO)CCCC4[N+](=O)[O-])CC3)CC2)CC1. The molecule has 0 aromatic heterocycles. The Hall–Kier alpha value is -2.50. The molecule has 6 atom stereocenters. The van der Waals surface area contributed by atoms with Gasteiger partial charge in [-0.15, -0.1) is 0 Å². The molecule has 0 spiro atoms. The molecule has 284 valence electrons. The van der Waals surface area contributed by atoms with E-state index in [1.54, 1.807) is 0 Å². The molecule has 0 saturated heterocycles. The van der Waals surface area contributed by atoms with Crippen LogP contribution in [-0.2, 0) is 38.5 Å². The summed E-state index contributed by atoms with van der Waals surface area (Å²) in [5, 5.41) is 41.6. The Morgan fingerprint density at radius 3 is 1.60 bits per heavy atom. The minimum Gasteiger partial charge on any atom is -0.481 e. The number of hydrogen-bond acceptors (Lipinski definition) is 13. The number of rotatable bonds is 15. The fourth-order valence-electron chi connectivity index (χ4n) is 9.01. The highest BCUT2D eigenvalue weighted by molar-refractivity contribution is 5.82. The molecule has 50 heavy (non-hydrogen) atoms. The second-order valence-corrected chi connectivity index (χ2v) is 15.0. The van der Waals surface area contributed by atoms with Gasteiger partial charge in [0.2, 0.25) is 12.1 Å². The van der Waals surface area contributed by atoms with Crippen LogP contribution < -0.4 is 0 Å². The van der Waals surface area contributed by atoms with Crippen LogP contribution in [0.15, 0.2) is 0 Å². The van der Waals surface area contributed by atoms with E-state index in [0.717, 1.165) is 64.2 Å². The van der Waals surface area contributed by atoms with Crippen molar-refractivity contribution in [2.75, 3.05) is 13.2 Å². The molecule has 5 rings (SSSR count). The van der Waals surface area contributed by atoms with Crippen molar-refractivity contribution in [2.24, 2.45) is 23.7 Å². The minimum absolute atomic E-state index is 0.0466. The number of carboxylic acid groups (broad SMARTS) is 1. The second kappa shape index (κ2) is 18.8. The average Bonchev–Trinajstić information content (AvgIpc) is 3.11. The lowest BCUT2D eigenvalue weighted by Crippen LogP contribution is -2.47. The van der Waals surface area contributed by atoms with Crippen LogP contribution in [-0.4, -0.2) is 94.1 Å². The largest absolute Gasteiger partial charge is 0.481 e. The molecule has 6 unspecified atom stereocenters. The number of esters is 1. The lowest BCUT2D eigenvalue weighted by atomic mass is 9.76. The predicted octanol–water partition coefficient (Wildman–Crippen LogP) is 5.14. The molecule has 0 bridgehead atoms. The summed E-state index contributed by atoms with van der Waals surface area (Å²) in [5.41, 5.74) is 0. The lowest BCUT2D eigenvalue weighted by Gasteiger charge is -2.37. The van der Waals surface area contributed by atoms with Gasteiger partial charge in [0, 0.05) is 22.7 Å². The third-order valence-corrected chi connectivity index (χ3v) is 11.8. The number of aliphatic carboxylic acids is 1. The highest BCUT2D eigenvalue weighted by Gasteiger charge is 2.50. The van der Waals surface area contributed by atoms with Crippen LogP contribution in [0.4, 0.5) is 0 Å². The van der Waals surface area contributed by atoms with Crippen molar-refractivity contribution in [1.82, 2.24) is 0 Å². The van der Waals surface area contributed by atoms with Gasteiger partial charge in [0.15, 0.2) is 0 Å². The zero-order chi connectivity index (χ0) is 35.6. The molecule has 2 N–H and O–H groups in total. The van der Waals surface area contributed by atoms with Gasteiger partial charge in [-0.25, -0.2) is 14.7 Å². The Morgan fingerprint density at radius 1 is 0.620 bits per heavy atom. The summed E-state index contributed by atoms with van der Waals surface area (Å²) in [6.45, 7) is 0.142. The van der Waals surface area contributed by atoms with Crippen LogP contribution in [0.3, 0.4) is 0 Å². The van der Waals surface area contributed by atoms with Crippen LogP contribution in [0.1, 0.15) is 116 Å². The van der Waals surface area contributed by atoms with Crippen LogP contribution >= 0.6 is 0 Å². The minimum atomic E-state index is -1.26. The summed E-state index contributed by atoms with van der Waals surface area (Å²) < 4.78 is 18.5. The van der Waals surface area contributed by atoms with Gasteiger partial charge in [0.25, 0.3) is 0 Å².